The van der Waals surface area contributed by atoms with Crippen molar-refractivity contribution in [2.24, 2.45) is 0 Å². The third-order valence-electron chi connectivity index (χ3n) is 4.86. The SMILES string of the molecule is O=C(COc1ccccc1)N1CCC(n2c(=O)oc3ccc(Cl)cc32)CC1. The van der Waals surface area contributed by atoms with Crippen molar-refractivity contribution in [1.29, 1.82) is 0 Å². The Labute approximate surface area is 160 Å². The summed E-state index contributed by atoms with van der Waals surface area (Å²) in [5, 5.41) is 0.558. The lowest BCUT2D eigenvalue weighted by atomic mass is 10.0. The van der Waals surface area contributed by atoms with Gasteiger partial charge in [-0.25, -0.2) is 4.79 Å². The highest BCUT2D eigenvalue weighted by atomic mass is 35.5. The third kappa shape index (κ3) is 3.71. The van der Waals surface area contributed by atoms with E-state index in [2.05, 4.69) is 0 Å². The first-order valence-corrected chi connectivity index (χ1v) is 9.26. The van der Waals surface area contributed by atoms with Gasteiger partial charge in [-0.15, -0.1) is 0 Å². The number of oxazole rings is 1. The van der Waals surface area contributed by atoms with Crippen molar-refractivity contribution in [3.05, 3.63) is 64.1 Å². The molecule has 0 aliphatic carbocycles. The number of likely N-dealkylation sites (tertiary alicyclic amines) is 1. The first-order valence-electron chi connectivity index (χ1n) is 8.88. The summed E-state index contributed by atoms with van der Waals surface area (Å²) in [6.07, 6.45) is 1.36. The van der Waals surface area contributed by atoms with Gasteiger partial charge in [-0.05, 0) is 43.2 Å². The van der Waals surface area contributed by atoms with E-state index in [1.54, 1.807) is 27.7 Å². The minimum Gasteiger partial charge on any atom is -0.484 e. The van der Waals surface area contributed by atoms with Gasteiger partial charge < -0.3 is 14.1 Å². The van der Waals surface area contributed by atoms with E-state index >= 15 is 0 Å². The van der Waals surface area contributed by atoms with Gasteiger partial charge in [0.1, 0.15) is 5.75 Å². The highest BCUT2D eigenvalue weighted by Gasteiger charge is 2.27. The Morgan fingerprint density at radius 2 is 1.89 bits per heavy atom. The van der Waals surface area contributed by atoms with Crippen LogP contribution < -0.4 is 10.5 Å². The van der Waals surface area contributed by atoms with Crippen molar-refractivity contribution < 1.29 is 13.9 Å². The lowest BCUT2D eigenvalue weighted by molar-refractivity contribution is -0.134. The van der Waals surface area contributed by atoms with E-state index in [0.717, 1.165) is 0 Å². The van der Waals surface area contributed by atoms with Gasteiger partial charge in [-0.2, -0.15) is 0 Å². The number of para-hydroxylation sites is 1. The first kappa shape index (κ1) is 17.7. The van der Waals surface area contributed by atoms with Crippen LogP contribution in [0.4, 0.5) is 0 Å². The standard InChI is InChI=1S/C20H19ClN2O4/c21-14-6-7-18-17(12-14)23(20(25)27-18)15-8-10-22(11-9-15)19(24)13-26-16-4-2-1-3-5-16/h1-7,12,15H,8-11,13H2. The van der Waals surface area contributed by atoms with Crippen LogP contribution in [0.25, 0.3) is 11.1 Å². The molecule has 0 spiro atoms. The molecule has 7 heteroatoms. The van der Waals surface area contributed by atoms with Gasteiger partial charge >= 0.3 is 5.76 Å². The molecule has 27 heavy (non-hydrogen) atoms. The number of carbonyl (C=O) groups is 1. The number of ether oxygens (including phenoxy) is 1. The molecule has 0 unspecified atom stereocenters. The fourth-order valence-corrected chi connectivity index (χ4v) is 3.65. The van der Waals surface area contributed by atoms with Crippen LogP contribution in [-0.4, -0.2) is 35.1 Å². The van der Waals surface area contributed by atoms with E-state index in [4.69, 9.17) is 20.8 Å². The molecular weight excluding hydrogens is 368 g/mol. The molecular formula is C20H19ClN2O4. The molecule has 140 valence electrons. The molecule has 1 aliphatic rings. The van der Waals surface area contributed by atoms with E-state index in [1.807, 2.05) is 30.3 Å². The Morgan fingerprint density at radius 1 is 1.15 bits per heavy atom. The van der Waals surface area contributed by atoms with Crippen LogP contribution >= 0.6 is 11.6 Å². The summed E-state index contributed by atoms with van der Waals surface area (Å²) >= 11 is 6.07. The molecule has 2 aromatic carbocycles. The Kier molecular flexibility index (Phi) is 4.90. The molecule has 1 saturated heterocycles. The number of benzene rings is 2. The van der Waals surface area contributed by atoms with E-state index < -0.39 is 0 Å². The van der Waals surface area contributed by atoms with Gasteiger partial charge in [0.2, 0.25) is 0 Å². The normalized spacial score (nSPS) is 15.2. The maximum atomic E-state index is 12.4. The van der Waals surface area contributed by atoms with Gasteiger partial charge in [0.15, 0.2) is 12.2 Å². The molecule has 1 aliphatic heterocycles. The Balaban J connectivity index is 1.40. The number of aromatic nitrogens is 1. The number of rotatable bonds is 4. The molecule has 0 radical (unpaired) electrons. The number of carbonyl (C=O) groups excluding carboxylic acids is 1. The number of hydrogen-bond donors (Lipinski definition) is 0. The fraction of sp³-hybridized carbons (Fsp3) is 0.300. The second-order valence-corrected chi connectivity index (χ2v) is 7.00. The molecule has 3 aromatic rings. The summed E-state index contributed by atoms with van der Waals surface area (Å²) in [6.45, 7) is 1.15. The van der Waals surface area contributed by atoms with Crippen LogP contribution in [0.2, 0.25) is 5.02 Å². The maximum absolute atomic E-state index is 12.4. The Hall–Kier alpha value is -2.73. The summed E-state index contributed by atoms with van der Waals surface area (Å²) in [5.41, 5.74) is 1.23. The molecule has 0 N–H and O–H groups in total. The lowest BCUT2D eigenvalue weighted by Gasteiger charge is -2.32. The second kappa shape index (κ2) is 7.48. The van der Waals surface area contributed by atoms with Crippen molar-refractivity contribution >= 4 is 28.6 Å². The van der Waals surface area contributed by atoms with Gasteiger partial charge in [-0.1, -0.05) is 29.8 Å². The van der Waals surface area contributed by atoms with Crippen molar-refractivity contribution in [2.45, 2.75) is 18.9 Å². The van der Waals surface area contributed by atoms with Crippen LogP contribution in [0.1, 0.15) is 18.9 Å². The zero-order valence-corrected chi connectivity index (χ0v) is 15.4. The van der Waals surface area contributed by atoms with E-state index in [-0.39, 0.29) is 24.3 Å². The van der Waals surface area contributed by atoms with Crippen LogP contribution in [-0.2, 0) is 4.79 Å². The highest BCUT2D eigenvalue weighted by molar-refractivity contribution is 6.31. The number of fused-ring (bicyclic) bond motifs is 1. The topological polar surface area (TPSA) is 64.7 Å². The number of halogens is 1. The zero-order valence-electron chi connectivity index (χ0n) is 14.6. The largest absolute Gasteiger partial charge is 0.484 e. The average molecular weight is 387 g/mol. The van der Waals surface area contributed by atoms with Crippen molar-refractivity contribution in [1.82, 2.24) is 9.47 Å². The Bertz CT molecular complexity index is 1000. The monoisotopic (exact) mass is 386 g/mol. The highest BCUT2D eigenvalue weighted by Crippen LogP contribution is 2.27. The van der Waals surface area contributed by atoms with Crippen molar-refractivity contribution in [3.63, 3.8) is 0 Å². The summed E-state index contributed by atoms with van der Waals surface area (Å²) in [5.74, 6) is 0.239. The van der Waals surface area contributed by atoms with Gasteiger partial charge in [0.05, 0.1) is 5.52 Å². The molecule has 0 saturated carbocycles. The molecule has 1 fully saturated rings. The average Bonchev–Trinajstić information content (AvgIpc) is 3.02. The minimum absolute atomic E-state index is 0.0128. The summed E-state index contributed by atoms with van der Waals surface area (Å²) in [7, 11) is 0. The molecule has 2 heterocycles. The lowest BCUT2D eigenvalue weighted by Crippen LogP contribution is -2.42. The number of hydrogen-bond acceptors (Lipinski definition) is 4. The second-order valence-electron chi connectivity index (χ2n) is 6.56. The molecule has 4 rings (SSSR count). The van der Waals surface area contributed by atoms with Gasteiger partial charge in [-0.3, -0.25) is 9.36 Å². The summed E-state index contributed by atoms with van der Waals surface area (Å²) in [6, 6.07) is 14.4. The van der Waals surface area contributed by atoms with E-state index in [1.165, 1.54) is 0 Å². The molecule has 1 aromatic heterocycles. The van der Waals surface area contributed by atoms with Gasteiger partial charge in [0.25, 0.3) is 5.91 Å². The predicted octanol–water partition coefficient (Wildman–Crippen LogP) is 3.49. The number of nitrogens with zero attached hydrogens (tertiary/aromatic N) is 2. The van der Waals surface area contributed by atoms with E-state index in [9.17, 15) is 9.59 Å². The van der Waals surface area contributed by atoms with Crippen LogP contribution in [0, 0.1) is 0 Å². The number of amides is 1. The van der Waals surface area contributed by atoms with Crippen molar-refractivity contribution in [2.75, 3.05) is 19.7 Å². The smallest absolute Gasteiger partial charge is 0.420 e. The third-order valence-corrected chi connectivity index (χ3v) is 5.10. The molecule has 1 amide bonds. The minimum atomic E-state index is -0.385. The molecule has 6 nitrogen and oxygen atoms in total. The summed E-state index contributed by atoms with van der Waals surface area (Å²) < 4.78 is 12.5. The molecule has 0 bridgehead atoms. The van der Waals surface area contributed by atoms with Crippen molar-refractivity contribution in [3.8, 4) is 5.75 Å². The zero-order chi connectivity index (χ0) is 18.8. The van der Waals surface area contributed by atoms with E-state index in [0.29, 0.717) is 47.8 Å². The Morgan fingerprint density at radius 3 is 2.63 bits per heavy atom. The maximum Gasteiger partial charge on any atom is 0.420 e. The fourth-order valence-electron chi connectivity index (χ4n) is 3.48. The first-order chi connectivity index (χ1) is 13.1. The quantitative estimate of drug-likeness (QED) is 0.688. The molecule has 0 atom stereocenters. The van der Waals surface area contributed by atoms with Crippen LogP contribution in [0.3, 0.4) is 0 Å². The van der Waals surface area contributed by atoms with Crippen LogP contribution in [0.5, 0.6) is 5.75 Å². The predicted molar refractivity (Wildman–Crippen MR) is 102 cm³/mol. The summed E-state index contributed by atoms with van der Waals surface area (Å²) in [4.78, 5) is 26.4. The number of piperidine rings is 1. The van der Waals surface area contributed by atoms with Crippen LogP contribution in [0.15, 0.2) is 57.7 Å². The van der Waals surface area contributed by atoms with Gasteiger partial charge in [0, 0.05) is 24.2 Å².